The van der Waals surface area contributed by atoms with E-state index in [4.69, 9.17) is 15.5 Å². The lowest BCUT2D eigenvalue weighted by Gasteiger charge is -2.06. The summed E-state index contributed by atoms with van der Waals surface area (Å²) in [6, 6.07) is 12.4. The Hall–Kier alpha value is -1.87. The van der Waals surface area contributed by atoms with Gasteiger partial charge >= 0.3 is 0 Å². The number of methoxy groups -OCH3 is 1. The Morgan fingerprint density at radius 2 is 2.11 bits per heavy atom. The van der Waals surface area contributed by atoms with Gasteiger partial charge in [0.2, 0.25) is 0 Å². The molecule has 0 radical (unpaired) electrons. The van der Waals surface area contributed by atoms with E-state index < -0.39 is 0 Å². The van der Waals surface area contributed by atoms with Crippen LogP contribution in [0.25, 0.3) is 11.3 Å². The van der Waals surface area contributed by atoms with Gasteiger partial charge in [-0.1, -0.05) is 18.2 Å². The first-order valence-electron chi connectivity index (χ1n) is 6.15. The standard InChI is InChI=1S/C15H16N2O/c1-18-13-4-2-3-10(8-13)14-6-5-11-7-12(16)9-15(11)17-14/h2-6,8,12H,7,9,16H2,1H3. The van der Waals surface area contributed by atoms with Crippen molar-refractivity contribution < 1.29 is 4.74 Å². The molecular formula is C15H16N2O. The number of benzene rings is 1. The van der Waals surface area contributed by atoms with Gasteiger partial charge in [0, 0.05) is 23.7 Å². The van der Waals surface area contributed by atoms with Crippen molar-refractivity contribution in [2.75, 3.05) is 7.11 Å². The molecule has 0 spiro atoms. The summed E-state index contributed by atoms with van der Waals surface area (Å²) in [7, 11) is 1.67. The van der Waals surface area contributed by atoms with Gasteiger partial charge in [0.15, 0.2) is 0 Å². The minimum atomic E-state index is 0.230. The van der Waals surface area contributed by atoms with E-state index in [0.29, 0.717) is 0 Å². The highest BCUT2D eigenvalue weighted by atomic mass is 16.5. The summed E-state index contributed by atoms with van der Waals surface area (Å²) in [5.74, 6) is 0.853. The quantitative estimate of drug-likeness (QED) is 0.875. The summed E-state index contributed by atoms with van der Waals surface area (Å²) in [6.07, 6.45) is 1.83. The third-order valence-electron chi connectivity index (χ3n) is 3.37. The fourth-order valence-electron chi connectivity index (χ4n) is 2.44. The maximum absolute atomic E-state index is 5.96. The van der Waals surface area contributed by atoms with Crippen LogP contribution in [-0.4, -0.2) is 18.1 Å². The second kappa shape index (κ2) is 4.42. The number of ether oxygens (including phenoxy) is 1. The van der Waals surface area contributed by atoms with Gasteiger partial charge < -0.3 is 10.5 Å². The second-order valence-electron chi connectivity index (χ2n) is 4.70. The highest BCUT2D eigenvalue weighted by Gasteiger charge is 2.19. The van der Waals surface area contributed by atoms with Crippen LogP contribution in [0.15, 0.2) is 36.4 Å². The maximum Gasteiger partial charge on any atom is 0.119 e. The molecule has 3 nitrogen and oxygen atoms in total. The number of nitrogens with zero attached hydrogens (tertiary/aromatic N) is 1. The predicted octanol–water partition coefficient (Wildman–Crippen LogP) is 2.18. The van der Waals surface area contributed by atoms with E-state index >= 15 is 0 Å². The zero-order chi connectivity index (χ0) is 12.5. The molecule has 1 aliphatic rings. The van der Waals surface area contributed by atoms with Gasteiger partial charge in [-0.05, 0) is 30.2 Å². The molecule has 0 bridgehead atoms. The zero-order valence-corrected chi connectivity index (χ0v) is 10.4. The molecule has 0 saturated carbocycles. The summed E-state index contributed by atoms with van der Waals surface area (Å²) < 4.78 is 5.24. The Bertz CT molecular complexity index is 580. The van der Waals surface area contributed by atoms with Crippen LogP contribution in [0.2, 0.25) is 0 Å². The summed E-state index contributed by atoms with van der Waals surface area (Å²) in [5, 5.41) is 0. The molecule has 18 heavy (non-hydrogen) atoms. The number of aromatic nitrogens is 1. The first-order chi connectivity index (χ1) is 8.76. The molecule has 3 heteroatoms. The fourth-order valence-corrected chi connectivity index (χ4v) is 2.44. The predicted molar refractivity (Wildman–Crippen MR) is 71.6 cm³/mol. The van der Waals surface area contributed by atoms with E-state index in [1.807, 2.05) is 24.3 Å². The molecule has 92 valence electrons. The molecule has 0 saturated heterocycles. The number of hydrogen-bond acceptors (Lipinski definition) is 3. The molecule has 0 fully saturated rings. The topological polar surface area (TPSA) is 48.1 Å². The van der Waals surface area contributed by atoms with Gasteiger partial charge in [-0.15, -0.1) is 0 Å². The monoisotopic (exact) mass is 240 g/mol. The molecule has 0 aliphatic heterocycles. The molecule has 1 aliphatic carbocycles. The third-order valence-corrected chi connectivity index (χ3v) is 3.37. The maximum atomic E-state index is 5.96. The lowest BCUT2D eigenvalue weighted by Crippen LogP contribution is -2.19. The van der Waals surface area contributed by atoms with E-state index in [1.54, 1.807) is 7.11 Å². The van der Waals surface area contributed by atoms with Crippen LogP contribution < -0.4 is 10.5 Å². The second-order valence-corrected chi connectivity index (χ2v) is 4.70. The Balaban J connectivity index is 2.00. The highest BCUT2D eigenvalue weighted by molar-refractivity contribution is 5.62. The number of hydrogen-bond donors (Lipinski definition) is 1. The van der Waals surface area contributed by atoms with Crippen molar-refractivity contribution >= 4 is 0 Å². The summed E-state index contributed by atoms with van der Waals surface area (Å²) >= 11 is 0. The smallest absolute Gasteiger partial charge is 0.119 e. The molecular weight excluding hydrogens is 224 g/mol. The molecule has 1 unspecified atom stereocenters. The first kappa shape index (κ1) is 11.2. The normalized spacial score (nSPS) is 17.6. The van der Waals surface area contributed by atoms with E-state index in [0.717, 1.165) is 35.5 Å². The van der Waals surface area contributed by atoms with Gasteiger partial charge in [0.05, 0.1) is 12.8 Å². The molecule has 0 amide bonds. The largest absolute Gasteiger partial charge is 0.497 e. The molecule has 1 aromatic heterocycles. The molecule has 1 heterocycles. The van der Waals surface area contributed by atoms with Crippen molar-refractivity contribution in [2.24, 2.45) is 5.73 Å². The highest BCUT2D eigenvalue weighted by Crippen LogP contribution is 2.26. The Morgan fingerprint density at radius 3 is 2.94 bits per heavy atom. The molecule has 2 N–H and O–H groups in total. The van der Waals surface area contributed by atoms with Crippen molar-refractivity contribution in [1.29, 1.82) is 0 Å². The van der Waals surface area contributed by atoms with E-state index in [-0.39, 0.29) is 6.04 Å². The summed E-state index contributed by atoms with van der Waals surface area (Å²) in [6.45, 7) is 0. The lowest BCUT2D eigenvalue weighted by molar-refractivity contribution is 0.415. The van der Waals surface area contributed by atoms with Gasteiger partial charge in [-0.3, -0.25) is 4.98 Å². The van der Waals surface area contributed by atoms with Crippen LogP contribution in [0, 0.1) is 0 Å². The molecule has 3 rings (SSSR count). The first-order valence-corrected chi connectivity index (χ1v) is 6.15. The average molecular weight is 240 g/mol. The van der Waals surface area contributed by atoms with Crippen LogP contribution in [-0.2, 0) is 12.8 Å². The van der Waals surface area contributed by atoms with Crippen LogP contribution >= 0.6 is 0 Å². The van der Waals surface area contributed by atoms with Crippen LogP contribution in [0.1, 0.15) is 11.3 Å². The van der Waals surface area contributed by atoms with E-state index in [1.165, 1.54) is 5.56 Å². The van der Waals surface area contributed by atoms with Crippen molar-refractivity contribution in [1.82, 2.24) is 4.98 Å². The van der Waals surface area contributed by atoms with Gasteiger partial charge in [-0.25, -0.2) is 0 Å². The molecule has 2 aromatic rings. The number of nitrogens with two attached hydrogens (primary N) is 1. The minimum absolute atomic E-state index is 0.230. The molecule has 1 aromatic carbocycles. The van der Waals surface area contributed by atoms with Crippen molar-refractivity contribution in [3.05, 3.63) is 47.7 Å². The Labute approximate surface area is 107 Å². The fraction of sp³-hybridized carbons (Fsp3) is 0.267. The van der Waals surface area contributed by atoms with E-state index in [9.17, 15) is 0 Å². The van der Waals surface area contributed by atoms with Crippen LogP contribution in [0.3, 0.4) is 0 Å². The summed E-state index contributed by atoms with van der Waals surface area (Å²) in [4.78, 5) is 4.71. The van der Waals surface area contributed by atoms with Crippen molar-refractivity contribution in [2.45, 2.75) is 18.9 Å². The average Bonchev–Trinajstić information content (AvgIpc) is 2.77. The Kier molecular flexibility index (Phi) is 2.76. The van der Waals surface area contributed by atoms with Gasteiger partial charge in [-0.2, -0.15) is 0 Å². The van der Waals surface area contributed by atoms with Crippen LogP contribution in [0.5, 0.6) is 5.75 Å². The lowest BCUT2D eigenvalue weighted by atomic mass is 10.1. The van der Waals surface area contributed by atoms with Crippen molar-refractivity contribution in [3.8, 4) is 17.0 Å². The number of fused-ring (bicyclic) bond motifs is 1. The van der Waals surface area contributed by atoms with Gasteiger partial charge in [0.1, 0.15) is 5.75 Å². The van der Waals surface area contributed by atoms with E-state index in [2.05, 4.69) is 12.1 Å². The zero-order valence-electron chi connectivity index (χ0n) is 10.4. The van der Waals surface area contributed by atoms with Crippen LogP contribution in [0.4, 0.5) is 0 Å². The van der Waals surface area contributed by atoms with Crippen molar-refractivity contribution in [3.63, 3.8) is 0 Å². The SMILES string of the molecule is COc1cccc(-c2ccc3c(n2)CC(N)C3)c1. The van der Waals surface area contributed by atoms with Gasteiger partial charge in [0.25, 0.3) is 0 Å². The summed E-state index contributed by atoms with van der Waals surface area (Å²) in [5.41, 5.74) is 10.5. The number of rotatable bonds is 2. The third kappa shape index (κ3) is 1.97. The minimum Gasteiger partial charge on any atom is -0.497 e. The molecule has 1 atom stereocenters. The number of pyridine rings is 1. The Morgan fingerprint density at radius 1 is 1.22 bits per heavy atom.